The van der Waals surface area contributed by atoms with E-state index in [9.17, 15) is 29.7 Å². The van der Waals surface area contributed by atoms with Crippen molar-refractivity contribution in [2.45, 2.75) is 51.5 Å². The number of hydrogen-bond acceptors (Lipinski definition) is 7. The summed E-state index contributed by atoms with van der Waals surface area (Å²) in [6, 6.07) is 11.5. The van der Waals surface area contributed by atoms with Gasteiger partial charge in [0.15, 0.2) is 5.60 Å². The first kappa shape index (κ1) is 28.0. The number of carbonyl (C=O) groups is 3. The normalized spacial score (nSPS) is 19.4. The Balaban J connectivity index is 2.00. The number of benzene rings is 2. The van der Waals surface area contributed by atoms with Crippen LogP contribution >= 0.6 is 0 Å². The van der Waals surface area contributed by atoms with E-state index < -0.39 is 41.4 Å². The van der Waals surface area contributed by atoms with E-state index in [1.807, 2.05) is 0 Å². The summed E-state index contributed by atoms with van der Waals surface area (Å²) >= 11 is 0. The van der Waals surface area contributed by atoms with Crippen LogP contribution in [-0.2, 0) is 26.5 Å². The number of aliphatic hydroxyl groups excluding tert-OH is 3. The van der Waals surface area contributed by atoms with Crippen LogP contribution in [0.1, 0.15) is 38.3 Å². The molecule has 0 bridgehead atoms. The van der Waals surface area contributed by atoms with Crippen molar-refractivity contribution in [1.29, 1.82) is 0 Å². The maximum Gasteiger partial charge on any atom is 0.264 e. The van der Waals surface area contributed by atoms with Crippen molar-refractivity contribution in [2.24, 2.45) is 5.92 Å². The van der Waals surface area contributed by atoms with Crippen LogP contribution in [0, 0.1) is 5.92 Å². The van der Waals surface area contributed by atoms with Crippen molar-refractivity contribution < 1.29 is 34.8 Å². The number of nitrogens with zero attached hydrogens (tertiary/aromatic N) is 1. The van der Waals surface area contributed by atoms with Crippen LogP contribution in [0.3, 0.4) is 0 Å². The van der Waals surface area contributed by atoms with Gasteiger partial charge in [-0.25, -0.2) is 0 Å². The third kappa shape index (κ3) is 6.05. The lowest BCUT2D eigenvalue weighted by molar-refractivity contribution is -0.139. The van der Waals surface area contributed by atoms with E-state index in [0.29, 0.717) is 34.6 Å². The standard InChI is InChI=1S/C27H33N3O7/c1-16(7-4-5-12-31)27(37)22-14-21(29-25(35)18(3)33)10-11-23(22)30(26(27)36)15-19-8-6-9-20(13-19)28-24(34)17(2)32/h4,6-11,13-14,16-18,31-33,37H,5,12,15H2,1-3H3,(H,28,34)(H,29,35)/b7-4+/t16-,17+,18+,27+/m1/s1. The molecule has 2 aromatic rings. The lowest BCUT2D eigenvalue weighted by atomic mass is 9.82. The highest BCUT2D eigenvalue weighted by Gasteiger charge is 2.52. The van der Waals surface area contributed by atoms with E-state index in [-0.39, 0.29) is 13.2 Å². The largest absolute Gasteiger partial charge is 0.396 e. The van der Waals surface area contributed by atoms with Gasteiger partial charge in [0.05, 0.1) is 12.2 Å². The molecule has 1 heterocycles. The number of nitrogens with one attached hydrogen (secondary N) is 2. The van der Waals surface area contributed by atoms with E-state index in [4.69, 9.17) is 5.11 Å². The Hall–Kier alpha value is -3.57. The van der Waals surface area contributed by atoms with Gasteiger partial charge in [-0.3, -0.25) is 14.4 Å². The molecule has 198 valence electrons. The molecule has 4 atom stereocenters. The Kier molecular flexibility index (Phi) is 8.82. The third-order valence-electron chi connectivity index (χ3n) is 6.21. The van der Waals surface area contributed by atoms with Gasteiger partial charge in [0.2, 0.25) is 0 Å². The number of hydrogen-bond donors (Lipinski definition) is 6. The van der Waals surface area contributed by atoms with Crippen LogP contribution < -0.4 is 15.5 Å². The highest BCUT2D eigenvalue weighted by atomic mass is 16.3. The lowest BCUT2D eigenvalue weighted by Gasteiger charge is -2.28. The van der Waals surface area contributed by atoms with E-state index in [1.54, 1.807) is 55.5 Å². The molecule has 0 fully saturated rings. The minimum atomic E-state index is -1.95. The summed E-state index contributed by atoms with van der Waals surface area (Å²) in [6.07, 6.45) is 1.28. The Morgan fingerprint density at radius 3 is 2.22 bits per heavy atom. The number of rotatable bonds is 10. The molecule has 1 aliphatic rings. The quantitative estimate of drug-likeness (QED) is 0.265. The highest BCUT2D eigenvalue weighted by molar-refractivity contribution is 6.08. The molecule has 0 saturated carbocycles. The van der Waals surface area contributed by atoms with Crippen molar-refractivity contribution in [3.8, 4) is 0 Å². The molecule has 0 radical (unpaired) electrons. The van der Waals surface area contributed by atoms with E-state index >= 15 is 0 Å². The maximum atomic E-state index is 13.7. The van der Waals surface area contributed by atoms with Crippen LogP contribution in [-0.4, -0.2) is 57.0 Å². The summed E-state index contributed by atoms with van der Waals surface area (Å²) < 4.78 is 0. The summed E-state index contributed by atoms with van der Waals surface area (Å²) in [7, 11) is 0. The maximum absolute atomic E-state index is 13.7. The van der Waals surface area contributed by atoms with Gasteiger partial charge >= 0.3 is 0 Å². The van der Waals surface area contributed by atoms with Crippen molar-refractivity contribution in [3.05, 3.63) is 65.7 Å². The van der Waals surface area contributed by atoms with Crippen molar-refractivity contribution in [1.82, 2.24) is 0 Å². The number of anilines is 3. The van der Waals surface area contributed by atoms with Gasteiger partial charge in [-0.15, -0.1) is 0 Å². The fraction of sp³-hybridized carbons (Fsp3) is 0.370. The Labute approximate surface area is 215 Å². The molecule has 0 aliphatic carbocycles. The van der Waals surface area contributed by atoms with Gasteiger partial charge in [0, 0.05) is 29.5 Å². The zero-order valence-electron chi connectivity index (χ0n) is 21.0. The lowest BCUT2D eigenvalue weighted by Crippen LogP contribution is -2.44. The molecule has 6 N–H and O–H groups in total. The molecule has 0 aromatic heterocycles. The Bertz CT molecular complexity index is 1190. The summed E-state index contributed by atoms with van der Waals surface area (Å²) in [6.45, 7) is 4.38. The van der Waals surface area contributed by atoms with Crippen molar-refractivity contribution in [3.63, 3.8) is 0 Å². The van der Waals surface area contributed by atoms with E-state index in [0.717, 1.165) is 0 Å². The predicted molar refractivity (Wildman–Crippen MR) is 139 cm³/mol. The summed E-state index contributed by atoms with van der Waals surface area (Å²) in [4.78, 5) is 39.0. The van der Waals surface area contributed by atoms with Crippen LogP contribution in [0.2, 0.25) is 0 Å². The second-order valence-corrected chi connectivity index (χ2v) is 9.15. The van der Waals surface area contributed by atoms with Gasteiger partial charge in [-0.1, -0.05) is 31.2 Å². The van der Waals surface area contributed by atoms with Gasteiger partial charge in [-0.2, -0.15) is 0 Å². The van der Waals surface area contributed by atoms with Crippen LogP contribution in [0.25, 0.3) is 0 Å². The first-order valence-electron chi connectivity index (χ1n) is 12.0. The number of fused-ring (bicyclic) bond motifs is 1. The first-order valence-corrected chi connectivity index (χ1v) is 12.0. The average Bonchev–Trinajstić information content (AvgIpc) is 3.06. The van der Waals surface area contributed by atoms with Gasteiger partial charge in [0.1, 0.15) is 12.2 Å². The molecule has 3 rings (SSSR count). The molecular weight excluding hydrogens is 478 g/mol. The number of amides is 3. The minimum absolute atomic E-state index is 0.0736. The fourth-order valence-corrected chi connectivity index (χ4v) is 4.12. The minimum Gasteiger partial charge on any atom is -0.396 e. The molecule has 37 heavy (non-hydrogen) atoms. The van der Waals surface area contributed by atoms with Gasteiger partial charge < -0.3 is 36.0 Å². The van der Waals surface area contributed by atoms with Gasteiger partial charge in [0.25, 0.3) is 17.7 Å². The summed E-state index contributed by atoms with van der Waals surface area (Å²) in [5, 5.41) is 45.1. The Morgan fingerprint density at radius 1 is 1.00 bits per heavy atom. The first-order chi connectivity index (χ1) is 17.5. The SMILES string of the molecule is C[C@H](O)C(=O)Nc1cccc(CN2C(=O)[C@](O)([C@H](C)/C=C/CCO)c3cc(NC(=O)[C@H](C)O)ccc32)c1. The number of aliphatic hydroxyl groups is 4. The van der Waals surface area contributed by atoms with E-state index in [2.05, 4.69) is 10.6 Å². The molecule has 3 amide bonds. The van der Waals surface area contributed by atoms with Crippen LogP contribution in [0.5, 0.6) is 0 Å². The zero-order chi connectivity index (χ0) is 27.3. The average molecular weight is 512 g/mol. The van der Waals surface area contributed by atoms with E-state index in [1.165, 1.54) is 24.8 Å². The molecule has 0 unspecified atom stereocenters. The third-order valence-corrected chi connectivity index (χ3v) is 6.21. The molecule has 2 aromatic carbocycles. The predicted octanol–water partition coefficient (Wildman–Crippen LogP) is 1.63. The zero-order valence-corrected chi connectivity index (χ0v) is 21.0. The van der Waals surface area contributed by atoms with Crippen molar-refractivity contribution >= 4 is 34.8 Å². The molecule has 1 aliphatic heterocycles. The number of carbonyl (C=O) groups excluding carboxylic acids is 3. The van der Waals surface area contributed by atoms with Crippen LogP contribution in [0.4, 0.5) is 17.1 Å². The monoisotopic (exact) mass is 511 g/mol. The molecule has 0 spiro atoms. The smallest absolute Gasteiger partial charge is 0.264 e. The van der Waals surface area contributed by atoms with Crippen LogP contribution in [0.15, 0.2) is 54.6 Å². The second kappa shape index (κ2) is 11.7. The second-order valence-electron chi connectivity index (χ2n) is 9.15. The highest BCUT2D eigenvalue weighted by Crippen LogP contribution is 2.47. The molecule has 10 nitrogen and oxygen atoms in total. The molecular formula is C27H33N3O7. The Morgan fingerprint density at radius 2 is 1.62 bits per heavy atom. The van der Waals surface area contributed by atoms with Gasteiger partial charge in [-0.05, 0) is 56.2 Å². The molecule has 0 saturated heterocycles. The summed E-state index contributed by atoms with van der Waals surface area (Å²) in [5.41, 5.74) is 0.213. The molecule has 10 heteroatoms. The van der Waals surface area contributed by atoms with Crippen molar-refractivity contribution in [2.75, 3.05) is 22.1 Å². The summed E-state index contributed by atoms with van der Waals surface area (Å²) in [5.74, 6) is -2.43. The topological polar surface area (TPSA) is 159 Å². The fourth-order valence-electron chi connectivity index (χ4n) is 4.12.